The number of para-hydroxylation sites is 1. The number of hydrogen-bond donors (Lipinski definition) is 3. The summed E-state index contributed by atoms with van der Waals surface area (Å²) in [7, 11) is 0. The standard InChI is InChI=1S/C18H14N2O3/c21-17(12-6-2-1-3-7-12)20-16(18(22)23)10-13-11-19-15-9-5-4-8-14(13)15/h1-11,19H,(H,20,21)(H,22,23)/b16-10+. The summed E-state index contributed by atoms with van der Waals surface area (Å²) < 4.78 is 0. The minimum atomic E-state index is -1.19. The smallest absolute Gasteiger partial charge is 0.352 e. The van der Waals surface area contributed by atoms with E-state index in [0.717, 1.165) is 10.9 Å². The van der Waals surface area contributed by atoms with Crippen LogP contribution in [0.4, 0.5) is 0 Å². The molecule has 0 aliphatic heterocycles. The molecule has 0 aliphatic carbocycles. The molecule has 2 aromatic carbocycles. The predicted molar refractivity (Wildman–Crippen MR) is 87.8 cm³/mol. The second-order valence-electron chi connectivity index (χ2n) is 4.97. The van der Waals surface area contributed by atoms with Crippen LogP contribution in [0, 0.1) is 0 Å². The molecule has 23 heavy (non-hydrogen) atoms. The van der Waals surface area contributed by atoms with Crippen molar-refractivity contribution in [3.8, 4) is 0 Å². The van der Waals surface area contributed by atoms with Crippen LogP contribution in [0.3, 0.4) is 0 Å². The third kappa shape index (κ3) is 3.13. The summed E-state index contributed by atoms with van der Waals surface area (Å²) in [6, 6.07) is 16.0. The molecule has 0 bridgehead atoms. The Morgan fingerprint density at radius 3 is 2.43 bits per heavy atom. The van der Waals surface area contributed by atoms with Gasteiger partial charge in [0.15, 0.2) is 0 Å². The molecule has 0 atom stereocenters. The van der Waals surface area contributed by atoms with Gasteiger partial charge in [-0.15, -0.1) is 0 Å². The van der Waals surface area contributed by atoms with Crippen molar-refractivity contribution in [2.24, 2.45) is 0 Å². The number of carbonyl (C=O) groups excluding carboxylic acids is 1. The SMILES string of the molecule is O=C(O)/C(=C\c1c[nH]c2ccccc12)NC(=O)c1ccccc1. The fourth-order valence-electron chi connectivity index (χ4n) is 2.30. The Labute approximate surface area is 132 Å². The molecule has 1 amide bonds. The van der Waals surface area contributed by atoms with E-state index in [9.17, 15) is 14.7 Å². The van der Waals surface area contributed by atoms with E-state index in [1.165, 1.54) is 6.08 Å². The minimum Gasteiger partial charge on any atom is -0.477 e. The number of nitrogens with one attached hydrogen (secondary N) is 2. The van der Waals surface area contributed by atoms with Gasteiger partial charge in [-0.1, -0.05) is 36.4 Å². The van der Waals surface area contributed by atoms with E-state index in [4.69, 9.17) is 0 Å². The van der Waals surface area contributed by atoms with Gasteiger partial charge in [0.05, 0.1) is 0 Å². The van der Waals surface area contributed by atoms with E-state index in [1.807, 2.05) is 24.3 Å². The zero-order chi connectivity index (χ0) is 16.2. The number of aromatic amines is 1. The normalized spacial score (nSPS) is 11.4. The van der Waals surface area contributed by atoms with Gasteiger partial charge >= 0.3 is 5.97 Å². The molecule has 0 spiro atoms. The molecule has 0 aliphatic rings. The third-order valence-corrected chi connectivity index (χ3v) is 3.44. The van der Waals surface area contributed by atoms with E-state index in [-0.39, 0.29) is 5.70 Å². The van der Waals surface area contributed by atoms with Crippen LogP contribution in [0.1, 0.15) is 15.9 Å². The van der Waals surface area contributed by atoms with E-state index in [0.29, 0.717) is 11.1 Å². The van der Waals surface area contributed by atoms with Crippen LogP contribution in [-0.2, 0) is 4.79 Å². The average molecular weight is 306 g/mol. The number of carboxylic acids is 1. The maximum atomic E-state index is 12.1. The van der Waals surface area contributed by atoms with E-state index in [1.54, 1.807) is 36.5 Å². The van der Waals surface area contributed by atoms with Crippen LogP contribution in [0.25, 0.3) is 17.0 Å². The predicted octanol–water partition coefficient (Wildman–Crippen LogP) is 3.02. The van der Waals surface area contributed by atoms with Crippen molar-refractivity contribution < 1.29 is 14.7 Å². The molecule has 0 fully saturated rings. The number of benzene rings is 2. The van der Waals surface area contributed by atoms with Crippen molar-refractivity contribution >= 4 is 28.9 Å². The number of fused-ring (bicyclic) bond motifs is 1. The molecule has 5 heteroatoms. The molecule has 0 unspecified atom stereocenters. The summed E-state index contributed by atoms with van der Waals surface area (Å²) >= 11 is 0. The van der Waals surface area contributed by atoms with Crippen LogP contribution < -0.4 is 5.32 Å². The molecule has 0 saturated heterocycles. The fourth-order valence-corrected chi connectivity index (χ4v) is 2.30. The first-order chi connectivity index (χ1) is 11.1. The summed E-state index contributed by atoms with van der Waals surface area (Å²) in [6.45, 7) is 0. The lowest BCUT2D eigenvalue weighted by Crippen LogP contribution is -2.27. The Morgan fingerprint density at radius 1 is 1.00 bits per heavy atom. The molecule has 1 aromatic heterocycles. The second-order valence-corrected chi connectivity index (χ2v) is 4.97. The van der Waals surface area contributed by atoms with Gasteiger partial charge in [-0.25, -0.2) is 4.79 Å². The molecular formula is C18H14N2O3. The van der Waals surface area contributed by atoms with Crippen LogP contribution in [-0.4, -0.2) is 22.0 Å². The Hall–Kier alpha value is -3.34. The Morgan fingerprint density at radius 2 is 1.70 bits per heavy atom. The highest BCUT2D eigenvalue weighted by atomic mass is 16.4. The van der Waals surface area contributed by atoms with Crippen molar-refractivity contribution in [2.75, 3.05) is 0 Å². The van der Waals surface area contributed by atoms with Crippen LogP contribution in [0.15, 0.2) is 66.5 Å². The molecular weight excluding hydrogens is 292 g/mol. The molecule has 3 N–H and O–H groups in total. The minimum absolute atomic E-state index is 0.177. The van der Waals surface area contributed by atoms with Gasteiger partial charge in [0.1, 0.15) is 5.70 Å². The molecule has 3 rings (SSSR count). The first-order valence-electron chi connectivity index (χ1n) is 7.02. The van der Waals surface area contributed by atoms with E-state index in [2.05, 4.69) is 10.3 Å². The molecule has 5 nitrogen and oxygen atoms in total. The zero-order valence-corrected chi connectivity index (χ0v) is 12.1. The lowest BCUT2D eigenvalue weighted by atomic mass is 10.1. The van der Waals surface area contributed by atoms with Gasteiger partial charge in [0, 0.05) is 28.2 Å². The van der Waals surface area contributed by atoms with Gasteiger partial charge in [0.2, 0.25) is 0 Å². The number of carbonyl (C=O) groups is 2. The number of rotatable bonds is 4. The van der Waals surface area contributed by atoms with Crippen LogP contribution in [0.2, 0.25) is 0 Å². The van der Waals surface area contributed by atoms with Crippen LogP contribution in [0.5, 0.6) is 0 Å². The highest BCUT2D eigenvalue weighted by Crippen LogP contribution is 2.20. The van der Waals surface area contributed by atoms with Gasteiger partial charge < -0.3 is 15.4 Å². The summed E-state index contributed by atoms with van der Waals surface area (Å²) in [4.78, 5) is 26.6. The van der Waals surface area contributed by atoms with Crippen molar-refractivity contribution in [1.29, 1.82) is 0 Å². The maximum absolute atomic E-state index is 12.1. The molecule has 0 radical (unpaired) electrons. The highest BCUT2D eigenvalue weighted by molar-refractivity contribution is 6.04. The van der Waals surface area contributed by atoms with Crippen molar-refractivity contribution in [3.05, 3.63) is 77.6 Å². The van der Waals surface area contributed by atoms with E-state index < -0.39 is 11.9 Å². The Bertz CT molecular complexity index is 895. The average Bonchev–Trinajstić information content (AvgIpc) is 2.98. The van der Waals surface area contributed by atoms with Gasteiger partial charge in [0.25, 0.3) is 5.91 Å². The largest absolute Gasteiger partial charge is 0.477 e. The van der Waals surface area contributed by atoms with Gasteiger partial charge in [-0.05, 0) is 24.3 Å². The summed E-state index contributed by atoms with van der Waals surface area (Å²) in [6.07, 6.45) is 3.16. The lowest BCUT2D eigenvalue weighted by molar-refractivity contribution is -0.132. The summed E-state index contributed by atoms with van der Waals surface area (Å²) in [5.41, 5.74) is 1.83. The Kier molecular flexibility index (Phi) is 3.93. The quantitative estimate of drug-likeness (QED) is 0.648. The van der Waals surface area contributed by atoms with E-state index >= 15 is 0 Å². The zero-order valence-electron chi connectivity index (χ0n) is 12.1. The summed E-state index contributed by atoms with van der Waals surface area (Å²) in [5, 5.41) is 12.7. The Balaban J connectivity index is 1.93. The number of aromatic nitrogens is 1. The molecule has 1 heterocycles. The first kappa shape index (κ1) is 14.6. The fraction of sp³-hybridized carbons (Fsp3) is 0. The third-order valence-electron chi connectivity index (χ3n) is 3.44. The number of amides is 1. The highest BCUT2D eigenvalue weighted by Gasteiger charge is 2.14. The van der Waals surface area contributed by atoms with Crippen molar-refractivity contribution in [1.82, 2.24) is 10.3 Å². The van der Waals surface area contributed by atoms with Gasteiger partial charge in [-0.2, -0.15) is 0 Å². The summed E-state index contributed by atoms with van der Waals surface area (Å²) in [5.74, 6) is -1.65. The van der Waals surface area contributed by atoms with Crippen molar-refractivity contribution in [2.45, 2.75) is 0 Å². The number of hydrogen-bond acceptors (Lipinski definition) is 2. The topological polar surface area (TPSA) is 82.2 Å². The monoisotopic (exact) mass is 306 g/mol. The number of H-pyrrole nitrogens is 1. The molecule has 0 saturated carbocycles. The maximum Gasteiger partial charge on any atom is 0.352 e. The molecule has 3 aromatic rings. The second kappa shape index (κ2) is 6.19. The first-order valence-corrected chi connectivity index (χ1v) is 7.02. The van der Waals surface area contributed by atoms with Crippen LogP contribution >= 0.6 is 0 Å². The van der Waals surface area contributed by atoms with Gasteiger partial charge in [-0.3, -0.25) is 4.79 Å². The van der Waals surface area contributed by atoms with Crippen molar-refractivity contribution in [3.63, 3.8) is 0 Å². The molecule has 114 valence electrons. The number of aliphatic carboxylic acids is 1. The number of carboxylic acid groups (broad SMARTS) is 1. The lowest BCUT2D eigenvalue weighted by Gasteiger charge is -2.06.